The van der Waals surface area contributed by atoms with Gasteiger partial charge in [0.15, 0.2) is 0 Å². The molecular weight excluding hydrogens is 370 g/mol. The molecule has 1 aromatic heterocycles. The van der Waals surface area contributed by atoms with Gasteiger partial charge >= 0.3 is 18.2 Å². The lowest BCUT2D eigenvalue weighted by Gasteiger charge is -2.18. The second-order valence-corrected chi connectivity index (χ2v) is 6.48. The van der Waals surface area contributed by atoms with Crippen LogP contribution in [-0.4, -0.2) is 52.8 Å². The summed E-state index contributed by atoms with van der Waals surface area (Å²) in [4.78, 5) is 27.0. The number of amides is 2. The molecule has 1 aliphatic heterocycles. The monoisotopic (exact) mass is 387 g/mol. The Kier molecular flexibility index (Phi) is 4.99. The Labute approximate surface area is 151 Å². The molecule has 27 heavy (non-hydrogen) atoms. The zero-order valence-corrected chi connectivity index (χ0v) is 14.0. The minimum atomic E-state index is -4.68. The largest absolute Gasteiger partial charge is 0.481 e. The predicted octanol–water partition coefficient (Wildman–Crippen LogP) is 2.75. The Hall–Kier alpha value is -2.78. The van der Waals surface area contributed by atoms with Gasteiger partial charge in [0.2, 0.25) is 0 Å². The first-order chi connectivity index (χ1) is 12.7. The molecule has 2 heterocycles. The van der Waals surface area contributed by atoms with Crippen LogP contribution in [0.5, 0.6) is 0 Å². The number of benzene rings is 1. The molecule has 0 radical (unpaired) electrons. The number of hydrogen-bond donors (Lipinski definition) is 3. The van der Waals surface area contributed by atoms with E-state index in [2.05, 4.69) is 10.3 Å². The second-order valence-electron chi connectivity index (χ2n) is 6.48. The van der Waals surface area contributed by atoms with Gasteiger partial charge in [0.25, 0.3) is 0 Å². The number of nitrogens with zero attached hydrogens (tertiary/aromatic N) is 1. The minimum absolute atomic E-state index is 0.147. The van der Waals surface area contributed by atoms with Crippen LogP contribution in [0.25, 0.3) is 10.9 Å². The van der Waals surface area contributed by atoms with E-state index >= 15 is 0 Å². The summed E-state index contributed by atoms with van der Waals surface area (Å²) in [5.74, 6) is -5.70. The molecule has 2 aromatic rings. The topological polar surface area (TPSA) is 85.4 Å². The maximum atomic E-state index is 13.2. The first-order valence-corrected chi connectivity index (χ1v) is 8.24. The number of aromatic nitrogens is 1. The van der Waals surface area contributed by atoms with Crippen molar-refractivity contribution in [2.24, 2.45) is 11.8 Å². The third-order valence-electron chi connectivity index (χ3n) is 4.74. The van der Waals surface area contributed by atoms with Crippen LogP contribution in [0.2, 0.25) is 0 Å². The molecule has 3 rings (SSSR count). The van der Waals surface area contributed by atoms with Gasteiger partial charge in [0, 0.05) is 36.7 Å². The van der Waals surface area contributed by atoms with E-state index < -0.39 is 43.1 Å². The van der Waals surface area contributed by atoms with E-state index in [1.807, 2.05) is 0 Å². The molecule has 2 amide bonds. The number of hydrogen-bond acceptors (Lipinski definition) is 2. The van der Waals surface area contributed by atoms with Gasteiger partial charge in [0.1, 0.15) is 5.82 Å². The number of likely N-dealkylation sites (tertiary alicyclic amines) is 1. The molecule has 10 heteroatoms. The SMILES string of the molecule is O=C(O)[C@@H]1CN(C(=O)NCCc2c[nH]c3cc(F)ccc23)C[C@H]1C(F)(F)F. The van der Waals surface area contributed by atoms with Crippen LogP contribution in [0.1, 0.15) is 5.56 Å². The summed E-state index contributed by atoms with van der Waals surface area (Å²) in [6.45, 7) is -1.02. The van der Waals surface area contributed by atoms with Crippen LogP contribution >= 0.6 is 0 Å². The average Bonchev–Trinajstić information content (AvgIpc) is 3.19. The van der Waals surface area contributed by atoms with E-state index in [0.717, 1.165) is 15.8 Å². The number of carbonyl (C=O) groups is 2. The van der Waals surface area contributed by atoms with Crippen molar-refractivity contribution in [1.82, 2.24) is 15.2 Å². The molecule has 1 aliphatic rings. The molecule has 0 saturated carbocycles. The lowest BCUT2D eigenvalue weighted by atomic mass is 9.96. The molecule has 1 fully saturated rings. The van der Waals surface area contributed by atoms with Crippen molar-refractivity contribution in [3.05, 3.63) is 35.8 Å². The van der Waals surface area contributed by atoms with Crippen molar-refractivity contribution in [2.75, 3.05) is 19.6 Å². The van der Waals surface area contributed by atoms with Gasteiger partial charge in [-0.1, -0.05) is 0 Å². The van der Waals surface area contributed by atoms with Gasteiger partial charge in [-0.3, -0.25) is 4.79 Å². The number of carboxylic acids is 1. The lowest BCUT2D eigenvalue weighted by Crippen LogP contribution is -2.40. The number of carbonyl (C=O) groups excluding carboxylic acids is 1. The van der Waals surface area contributed by atoms with Gasteiger partial charge in [-0.05, 0) is 30.2 Å². The minimum Gasteiger partial charge on any atom is -0.481 e. The van der Waals surface area contributed by atoms with Crippen LogP contribution in [-0.2, 0) is 11.2 Å². The molecular formula is C17H17F4N3O3. The van der Waals surface area contributed by atoms with E-state index in [-0.39, 0.29) is 12.4 Å². The summed E-state index contributed by atoms with van der Waals surface area (Å²) >= 11 is 0. The van der Waals surface area contributed by atoms with E-state index in [0.29, 0.717) is 11.9 Å². The number of H-pyrrole nitrogens is 1. The van der Waals surface area contributed by atoms with Crippen LogP contribution in [0.3, 0.4) is 0 Å². The maximum Gasteiger partial charge on any atom is 0.394 e. The summed E-state index contributed by atoms with van der Waals surface area (Å²) in [6.07, 6.45) is -2.63. The first kappa shape index (κ1) is 19.0. The third-order valence-corrected chi connectivity index (χ3v) is 4.74. The zero-order chi connectivity index (χ0) is 19.8. The molecule has 3 N–H and O–H groups in total. The van der Waals surface area contributed by atoms with E-state index in [1.165, 1.54) is 12.1 Å². The summed E-state index contributed by atoms with van der Waals surface area (Å²) < 4.78 is 52.1. The molecule has 0 aliphatic carbocycles. The van der Waals surface area contributed by atoms with E-state index in [4.69, 9.17) is 5.11 Å². The quantitative estimate of drug-likeness (QED) is 0.706. The number of rotatable bonds is 4. The normalized spacial score (nSPS) is 20.2. The third kappa shape index (κ3) is 3.99. The zero-order valence-electron chi connectivity index (χ0n) is 14.0. The molecule has 2 atom stereocenters. The van der Waals surface area contributed by atoms with Crippen molar-refractivity contribution in [2.45, 2.75) is 12.6 Å². The highest BCUT2D eigenvalue weighted by Crippen LogP contribution is 2.37. The summed E-state index contributed by atoms with van der Waals surface area (Å²) in [6, 6.07) is 3.51. The van der Waals surface area contributed by atoms with Gasteiger partial charge in [-0.15, -0.1) is 0 Å². The van der Waals surface area contributed by atoms with Gasteiger partial charge in [0.05, 0.1) is 11.8 Å². The molecule has 0 unspecified atom stereocenters. The van der Waals surface area contributed by atoms with Crippen molar-refractivity contribution < 1.29 is 32.3 Å². The first-order valence-electron chi connectivity index (χ1n) is 8.24. The second kappa shape index (κ2) is 7.09. The number of nitrogens with one attached hydrogen (secondary N) is 2. The highest BCUT2D eigenvalue weighted by molar-refractivity contribution is 5.83. The van der Waals surface area contributed by atoms with Gasteiger partial charge in [-0.2, -0.15) is 13.2 Å². The lowest BCUT2D eigenvalue weighted by molar-refractivity contribution is -0.187. The van der Waals surface area contributed by atoms with Crippen molar-refractivity contribution in [1.29, 1.82) is 0 Å². The van der Waals surface area contributed by atoms with E-state index in [1.54, 1.807) is 12.3 Å². The molecule has 1 saturated heterocycles. The average molecular weight is 387 g/mol. The fourth-order valence-electron chi connectivity index (χ4n) is 3.33. The number of halogens is 4. The summed E-state index contributed by atoms with van der Waals surface area (Å²) in [7, 11) is 0. The standard InChI is InChI=1S/C17H17F4N3O3/c18-10-1-2-11-9(6-23-14(11)5-10)3-4-22-16(27)24-7-12(15(25)26)13(8-24)17(19,20)21/h1-2,5-6,12-13,23H,3-4,7-8H2,(H,22,27)(H,25,26)/t12-,13-/m1/s1. The van der Waals surface area contributed by atoms with Crippen LogP contribution in [0.4, 0.5) is 22.4 Å². The number of aromatic amines is 1. The predicted molar refractivity (Wildman–Crippen MR) is 87.6 cm³/mol. The smallest absolute Gasteiger partial charge is 0.394 e. The van der Waals surface area contributed by atoms with Crippen molar-refractivity contribution >= 4 is 22.9 Å². The van der Waals surface area contributed by atoms with Gasteiger partial charge in [-0.25, -0.2) is 9.18 Å². The Balaban J connectivity index is 1.58. The summed E-state index contributed by atoms with van der Waals surface area (Å²) in [5, 5.41) is 12.3. The number of carboxylic acid groups (broad SMARTS) is 1. The fraction of sp³-hybridized carbons (Fsp3) is 0.412. The highest BCUT2D eigenvalue weighted by atomic mass is 19.4. The number of alkyl halides is 3. The van der Waals surface area contributed by atoms with Crippen LogP contribution < -0.4 is 5.32 Å². The van der Waals surface area contributed by atoms with Crippen LogP contribution in [0.15, 0.2) is 24.4 Å². The summed E-state index contributed by atoms with van der Waals surface area (Å²) in [5.41, 5.74) is 1.43. The van der Waals surface area contributed by atoms with Crippen molar-refractivity contribution in [3.63, 3.8) is 0 Å². The maximum absolute atomic E-state index is 13.2. The number of fused-ring (bicyclic) bond motifs is 1. The Morgan fingerprint density at radius 2 is 2.04 bits per heavy atom. The molecule has 146 valence electrons. The molecule has 6 nitrogen and oxygen atoms in total. The Morgan fingerprint density at radius 1 is 1.30 bits per heavy atom. The molecule has 0 bridgehead atoms. The van der Waals surface area contributed by atoms with Crippen LogP contribution in [0, 0.1) is 17.7 Å². The van der Waals surface area contributed by atoms with E-state index in [9.17, 15) is 27.2 Å². The Bertz CT molecular complexity index is 865. The number of urea groups is 1. The molecule has 1 aromatic carbocycles. The molecule has 0 spiro atoms. The fourth-order valence-corrected chi connectivity index (χ4v) is 3.33. The Morgan fingerprint density at radius 3 is 2.67 bits per heavy atom. The highest BCUT2D eigenvalue weighted by Gasteiger charge is 2.53. The van der Waals surface area contributed by atoms with Gasteiger partial charge < -0.3 is 20.3 Å². The van der Waals surface area contributed by atoms with Crippen molar-refractivity contribution in [3.8, 4) is 0 Å². The number of aliphatic carboxylic acids is 1.